The van der Waals surface area contributed by atoms with Crippen molar-refractivity contribution in [2.45, 2.75) is 75.3 Å². The number of rotatable bonds is 5. The summed E-state index contributed by atoms with van der Waals surface area (Å²) in [5.74, 6) is -4.40. The lowest BCUT2D eigenvalue weighted by Crippen LogP contribution is -3.12. The molecule has 0 amide bonds. The van der Waals surface area contributed by atoms with E-state index in [9.17, 15) is 34.8 Å². The van der Waals surface area contributed by atoms with Crippen LogP contribution in [0, 0.1) is 0 Å². The average molecular weight is 571 g/mol. The molecule has 3 aliphatic rings. The quantitative estimate of drug-likeness (QED) is 0.277. The first-order valence-electron chi connectivity index (χ1n) is 13.7. The topological polar surface area (TPSA) is 164 Å². The molecule has 220 valence electrons. The van der Waals surface area contributed by atoms with E-state index >= 15 is 0 Å². The van der Waals surface area contributed by atoms with Crippen LogP contribution in [0.3, 0.4) is 0 Å². The third-order valence-corrected chi connectivity index (χ3v) is 8.88. The van der Waals surface area contributed by atoms with E-state index < -0.39 is 65.2 Å². The number of methoxy groups -OCH3 is 1. The zero-order chi connectivity index (χ0) is 30.0. The highest BCUT2D eigenvalue weighted by Crippen LogP contribution is 2.53. The molecule has 41 heavy (non-hydrogen) atoms. The van der Waals surface area contributed by atoms with E-state index in [1.165, 1.54) is 31.4 Å². The number of phenolic OH excluding ortho intramolecular Hbond substituents is 2. The summed E-state index contributed by atoms with van der Waals surface area (Å²) in [5, 5.41) is 44.5. The lowest BCUT2D eigenvalue weighted by Gasteiger charge is -2.45. The van der Waals surface area contributed by atoms with E-state index in [2.05, 4.69) is 0 Å². The van der Waals surface area contributed by atoms with Gasteiger partial charge in [0.1, 0.15) is 29.6 Å². The predicted octanol–water partition coefficient (Wildman–Crippen LogP) is 0.741. The highest BCUT2D eigenvalue weighted by Gasteiger charge is 2.53. The van der Waals surface area contributed by atoms with Gasteiger partial charge in [-0.05, 0) is 31.0 Å². The molecule has 2 aromatic carbocycles. The van der Waals surface area contributed by atoms with Crippen LogP contribution in [-0.4, -0.2) is 89.3 Å². The Morgan fingerprint density at radius 1 is 1.15 bits per heavy atom. The molecule has 11 nitrogen and oxygen atoms in total. The molecule has 0 radical (unpaired) electrons. The SMILES string of the molecule is CC[C@@]1(O)CC(OC2CC([NH+](C)C)C(O)C(C)O2)c2c(cc3c(c2O)C(=O)c2c(O)cccc2C3=O)C1C(=O)OC. The van der Waals surface area contributed by atoms with Crippen molar-refractivity contribution in [2.24, 2.45) is 0 Å². The van der Waals surface area contributed by atoms with Gasteiger partial charge in [-0.2, -0.15) is 0 Å². The minimum Gasteiger partial charge on any atom is -0.507 e. The Morgan fingerprint density at radius 3 is 2.49 bits per heavy atom. The summed E-state index contributed by atoms with van der Waals surface area (Å²) in [6.45, 7) is 3.42. The number of ether oxygens (including phenoxy) is 3. The second kappa shape index (κ2) is 10.5. The van der Waals surface area contributed by atoms with Gasteiger partial charge in [0.2, 0.25) is 5.78 Å². The smallest absolute Gasteiger partial charge is 0.316 e. The number of aliphatic hydroxyl groups is 2. The lowest BCUT2D eigenvalue weighted by atomic mass is 9.67. The summed E-state index contributed by atoms with van der Waals surface area (Å²) in [6, 6.07) is 5.24. The van der Waals surface area contributed by atoms with Crippen molar-refractivity contribution >= 4 is 17.5 Å². The Hall–Kier alpha value is -3.35. The second-order valence-corrected chi connectivity index (χ2v) is 11.4. The highest BCUT2D eigenvalue weighted by molar-refractivity contribution is 6.30. The zero-order valence-electron chi connectivity index (χ0n) is 23.6. The fourth-order valence-electron chi connectivity index (χ4n) is 6.59. The number of likely N-dealkylation sites (N-methyl/N-ethyl adjacent to an activating group) is 1. The molecule has 7 atom stereocenters. The molecule has 6 unspecified atom stereocenters. The van der Waals surface area contributed by atoms with Gasteiger partial charge in [-0.25, -0.2) is 0 Å². The van der Waals surface area contributed by atoms with Gasteiger partial charge in [-0.1, -0.05) is 19.1 Å². The number of benzene rings is 2. The summed E-state index contributed by atoms with van der Waals surface area (Å²) in [5.41, 5.74) is -2.24. The molecular formula is C30H36NO10+. The van der Waals surface area contributed by atoms with Crippen LogP contribution in [-0.2, 0) is 19.0 Å². The van der Waals surface area contributed by atoms with Gasteiger partial charge in [-0.3, -0.25) is 14.4 Å². The minimum atomic E-state index is -1.69. The first-order valence-corrected chi connectivity index (χ1v) is 13.7. The number of aliphatic hydroxyl groups excluding tert-OH is 1. The van der Waals surface area contributed by atoms with E-state index in [-0.39, 0.29) is 52.3 Å². The number of carbonyl (C=O) groups excluding carboxylic acids is 3. The summed E-state index contributed by atoms with van der Waals surface area (Å²) >= 11 is 0. The second-order valence-electron chi connectivity index (χ2n) is 11.4. The van der Waals surface area contributed by atoms with Crippen molar-refractivity contribution in [3.8, 4) is 11.5 Å². The van der Waals surface area contributed by atoms with Gasteiger partial charge < -0.3 is 39.5 Å². The molecule has 5 rings (SSSR count). The van der Waals surface area contributed by atoms with Crippen LogP contribution in [0.5, 0.6) is 11.5 Å². The Bertz CT molecular complexity index is 1420. The Labute approximate surface area is 237 Å². The van der Waals surface area contributed by atoms with Crippen molar-refractivity contribution in [1.82, 2.24) is 0 Å². The minimum absolute atomic E-state index is 0.0359. The number of phenols is 2. The molecule has 0 saturated carbocycles. The van der Waals surface area contributed by atoms with E-state index in [0.717, 1.165) is 4.90 Å². The van der Waals surface area contributed by atoms with Gasteiger partial charge in [-0.15, -0.1) is 0 Å². The fraction of sp³-hybridized carbons (Fsp3) is 0.500. The normalized spacial score (nSPS) is 30.9. The Morgan fingerprint density at radius 2 is 1.85 bits per heavy atom. The first-order chi connectivity index (χ1) is 19.3. The van der Waals surface area contributed by atoms with Crippen molar-refractivity contribution in [2.75, 3.05) is 21.2 Å². The first kappa shape index (κ1) is 29.2. The Balaban J connectivity index is 1.69. The summed E-state index contributed by atoms with van der Waals surface area (Å²) in [4.78, 5) is 41.3. The highest BCUT2D eigenvalue weighted by atomic mass is 16.7. The van der Waals surface area contributed by atoms with Crippen LogP contribution < -0.4 is 4.90 Å². The zero-order valence-corrected chi connectivity index (χ0v) is 23.6. The molecule has 1 fully saturated rings. The number of nitrogens with one attached hydrogen (secondary N) is 1. The predicted molar refractivity (Wildman–Crippen MR) is 143 cm³/mol. The maximum atomic E-state index is 13.6. The molecule has 0 spiro atoms. The lowest BCUT2D eigenvalue weighted by molar-refractivity contribution is -0.893. The molecule has 0 aromatic heterocycles. The van der Waals surface area contributed by atoms with Crippen LogP contribution in [0.1, 0.15) is 88.1 Å². The van der Waals surface area contributed by atoms with Crippen LogP contribution >= 0.6 is 0 Å². The van der Waals surface area contributed by atoms with E-state index in [4.69, 9.17) is 14.2 Å². The number of esters is 1. The fourth-order valence-corrected chi connectivity index (χ4v) is 6.59. The summed E-state index contributed by atoms with van der Waals surface area (Å²) in [7, 11) is 4.99. The van der Waals surface area contributed by atoms with E-state index in [0.29, 0.717) is 6.42 Å². The third-order valence-electron chi connectivity index (χ3n) is 8.88. The molecular weight excluding hydrogens is 534 g/mol. The molecule has 0 bridgehead atoms. The third kappa shape index (κ3) is 4.52. The van der Waals surface area contributed by atoms with Gasteiger partial charge in [0.05, 0.1) is 56.6 Å². The molecule has 11 heteroatoms. The van der Waals surface area contributed by atoms with Crippen LogP contribution in [0.2, 0.25) is 0 Å². The monoisotopic (exact) mass is 570 g/mol. The maximum Gasteiger partial charge on any atom is 0.316 e. The standard InChI is InChI=1S/C30H35NO10/c1-6-30(38)12-19(41-20-11-17(31(3)4)25(33)13(2)40-20)22-15(24(30)29(37)39-5)10-16-23(28(22)36)27(35)21-14(26(16)34)8-7-9-18(21)32/h7-10,13,17,19-20,24-25,32-33,36,38H,6,11-12H2,1-5H3/p+1/t13?,17?,19?,20?,24?,25?,30-/m1/s1. The number of carbonyl (C=O) groups is 3. The largest absolute Gasteiger partial charge is 0.507 e. The van der Waals surface area contributed by atoms with E-state index in [1.807, 2.05) is 14.1 Å². The van der Waals surface area contributed by atoms with Crippen molar-refractivity contribution < 1.29 is 53.9 Å². The Kier molecular flexibility index (Phi) is 7.46. The van der Waals surface area contributed by atoms with Crippen LogP contribution in [0.15, 0.2) is 24.3 Å². The average Bonchev–Trinajstić information content (AvgIpc) is 2.92. The van der Waals surface area contributed by atoms with Gasteiger partial charge >= 0.3 is 5.97 Å². The van der Waals surface area contributed by atoms with Gasteiger partial charge in [0.25, 0.3) is 0 Å². The number of fused-ring (bicyclic) bond motifs is 3. The molecule has 5 N–H and O–H groups in total. The number of hydrogen-bond acceptors (Lipinski definition) is 10. The molecule has 1 heterocycles. The van der Waals surface area contributed by atoms with Crippen LogP contribution in [0.25, 0.3) is 0 Å². The van der Waals surface area contributed by atoms with Crippen molar-refractivity contribution in [3.05, 3.63) is 57.6 Å². The summed E-state index contributed by atoms with van der Waals surface area (Å²) < 4.78 is 17.4. The number of aromatic hydroxyl groups is 2. The molecule has 1 aliphatic heterocycles. The van der Waals surface area contributed by atoms with Crippen molar-refractivity contribution in [3.63, 3.8) is 0 Å². The number of hydrogen-bond donors (Lipinski definition) is 5. The van der Waals surface area contributed by atoms with Crippen molar-refractivity contribution in [1.29, 1.82) is 0 Å². The van der Waals surface area contributed by atoms with Gasteiger partial charge in [0.15, 0.2) is 12.1 Å². The van der Waals surface area contributed by atoms with Crippen LogP contribution in [0.4, 0.5) is 0 Å². The van der Waals surface area contributed by atoms with Gasteiger partial charge in [0, 0.05) is 23.1 Å². The number of ketones is 2. The summed E-state index contributed by atoms with van der Waals surface area (Å²) in [6.07, 6.45) is -2.96. The van der Waals surface area contributed by atoms with E-state index in [1.54, 1.807) is 13.8 Å². The molecule has 1 saturated heterocycles. The molecule has 2 aromatic rings. The number of quaternary nitrogens is 1. The molecule has 2 aliphatic carbocycles. The maximum absolute atomic E-state index is 13.6.